The van der Waals surface area contributed by atoms with Crippen LogP contribution in [0.1, 0.15) is 31.9 Å². The zero-order valence-corrected chi connectivity index (χ0v) is 17.6. The highest BCUT2D eigenvalue weighted by molar-refractivity contribution is 7.12. The molecule has 30 heavy (non-hydrogen) atoms. The fourth-order valence-corrected chi connectivity index (χ4v) is 3.82. The summed E-state index contributed by atoms with van der Waals surface area (Å²) in [6, 6.07) is 17.9. The lowest BCUT2D eigenvalue weighted by Crippen LogP contribution is -2.12. The van der Waals surface area contributed by atoms with Gasteiger partial charge in [-0.3, -0.25) is 10.1 Å². The molecule has 2 aromatic heterocycles. The van der Waals surface area contributed by atoms with Crippen molar-refractivity contribution in [3.05, 3.63) is 93.4 Å². The predicted octanol–water partition coefficient (Wildman–Crippen LogP) is 4.84. The van der Waals surface area contributed by atoms with E-state index in [1.165, 1.54) is 16.9 Å². The largest absolute Gasteiger partial charge is 0.489 e. The maximum atomic E-state index is 12.5. The Bertz CT molecular complexity index is 1170. The van der Waals surface area contributed by atoms with E-state index < -0.39 is 0 Å². The summed E-state index contributed by atoms with van der Waals surface area (Å²) in [7, 11) is 0. The molecule has 4 aromatic rings. The number of ether oxygens (including phenoxy) is 1. The third kappa shape index (κ3) is 5.12. The number of carbonyl (C=O) groups is 1. The number of carbonyl (C=O) groups excluding carboxylic acids is 1. The second-order valence-corrected chi connectivity index (χ2v) is 8.04. The standard InChI is InChI=1S/C23H22N4O2S/c1-16-5-3-7-18(9-16)12-27-15-24-23(26-27)25-22(28)21-11-19(14-30-21)13-29-20-8-4-6-17(2)10-20/h3-11,14-15H,12-13H2,1-2H3,(H,25,26,28). The van der Waals surface area contributed by atoms with Gasteiger partial charge in [0.15, 0.2) is 0 Å². The van der Waals surface area contributed by atoms with Crippen LogP contribution in [0.15, 0.2) is 66.3 Å². The average Bonchev–Trinajstić information content (AvgIpc) is 3.36. The number of anilines is 1. The lowest BCUT2D eigenvalue weighted by Gasteiger charge is -2.05. The summed E-state index contributed by atoms with van der Waals surface area (Å²) >= 11 is 1.37. The van der Waals surface area contributed by atoms with Crippen LogP contribution in [0.2, 0.25) is 0 Å². The number of hydrogen-bond acceptors (Lipinski definition) is 5. The molecular formula is C23H22N4O2S. The molecule has 0 saturated carbocycles. The van der Waals surface area contributed by atoms with Gasteiger partial charge < -0.3 is 4.74 Å². The summed E-state index contributed by atoms with van der Waals surface area (Å²) in [4.78, 5) is 17.3. The van der Waals surface area contributed by atoms with E-state index in [1.54, 1.807) is 11.0 Å². The molecule has 0 radical (unpaired) electrons. The smallest absolute Gasteiger partial charge is 0.268 e. The molecule has 7 heteroatoms. The van der Waals surface area contributed by atoms with Gasteiger partial charge in [-0.1, -0.05) is 42.0 Å². The molecule has 0 unspecified atom stereocenters. The Balaban J connectivity index is 1.34. The van der Waals surface area contributed by atoms with E-state index in [1.807, 2.05) is 54.8 Å². The molecule has 0 spiro atoms. The highest BCUT2D eigenvalue weighted by Crippen LogP contribution is 2.19. The number of aromatic nitrogens is 3. The van der Waals surface area contributed by atoms with Crippen molar-refractivity contribution >= 4 is 23.2 Å². The van der Waals surface area contributed by atoms with E-state index in [4.69, 9.17) is 4.74 Å². The van der Waals surface area contributed by atoms with Crippen LogP contribution >= 0.6 is 11.3 Å². The van der Waals surface area contributed by atoms with Gasteiger partial charge in [-0.05, 0) is 48.6 Å². The minimum absolute atomic E-state index is 0.227. The summed E-state index contributed by atoms with van der Waals surface area (Å²) in [5, 5.41) is 9.03. The number of aryl methyl sites for hydroxylation is 2. The first-order valence-corrected chi connectivity index (χ1v) is 10.5. The van der Waals surface area contributed by atoms with Crippen molar-refractivity contribution in [2.45, 2.75) is 27.0 Å². The summed E-state index contributed by atoms with van der Waals surface area (Å²) < 4.78 is 7.51. The summed E-state index contributed by atoms with van der Waals surface area (Å²) in [6.07, 6.45) is 1.62. The van der Waals surface area contributed by atoms with Crippen LogP contribution in [0.5, 0.6) is 5.75 Å². The zero-order chi connectivity index (χ0) is 20.9. The zero-order valence-electron chi connectivity index (χ0n) is 16.8. The Morgan fingerprint density at radius 3 is 2.67 bits per heavy atom. The van der Waals surface area contributed by atoms with Crippen molar-refractivity contribution in [2.24, 2.45) is 0 Å². The fourth-order valence-electron chi connectivity index (χ4n) is 3.03. The van der Waals surface area contributed by atoms with Crippen molar-refractivity contribution in [2.75, 3.05) is 5.32 Å². The van der Waals surface area contributed by atoms with Gasteiger partial charge in [-0.25, -0.2) is 9.67 Å². The number of nitrogens with zero attached hydrogens (tertiary/aromatic N) is 3. The van der Waals surface area contributed by atoms with Crippen LogP contribution in [0.25, 0.3) is 0 Å². The van der Waals surface area contributed by atoms with Gasteiger partial charge >= 0.3 is 0 Å². The van der Waals surface area contributed by atoms with E-state index in [-0.39, 0.29) is 5.91 Å². The summed E-state index contributed by atoms with van der Waals surface area (Å²) in [6.45, 7) is 5.09. The molecule has 0 bridgehead atoms. The van der Waals surface area contributed by atoms with Crippen LogP contribution in [0.4, 0.5) is 5.95 Å². The molecule has 1 N–H and O–H groups in total. The number of nitrogens with one attached hydrogen (secondary N) is 1. The molecule has 0 aliphatic rings. The molecule has 0 aliphatic heterocycles. The number of benzene rings is 2. The van der Waals surface area contributed by atoms with Gasteiger partial charge in [0.25, 0.3) is 5.91 Å². The minimum Gasteiger partial charge on any atom is -0.489 e. The lowest BCUT2D eigenvalue weighted by atomic mass is 10.1. The Hall–Kier alpha value is -3.45. The Morgan fingerprint density at radius 1 is 1.07 bits per heavy atom. The van der Waals surface area contributed by atoms with E-state index in [0.717, 1.165) is 22.4 Å². The Kier molecular flexibility index (Phi) is 5.90. The maximum Gasteiger partial charge on any atom is 0.268 e. The highest BCUT2D eigenvalue weighted by atomic mass is 32.1. The van der Waals surface area contributed by atoms with Crippen LogP contribution < -0.4 is 10.1 Å². The van der Waals surface area contributed by atoms with Crippen LogP contribution in [-0.2, 0) is 13.2 Å². The molecule has 0 atom stereocenters. The molecule has 0 saturated heterocycles. The molecule has 4 rings (SSSR count). The van der Waals surface area contributed by atoms with Crippen molar-refractivity contribution in [3.63, 3.8) is 0 Å². The van der Waals surface area contributed by atoms with Crippen molar-refractivity contribution < 1.29 is 9.53 Å². The van der Waals surface area contributed by atoms with Crippen LogP contribution in [0, 0.1) is 13.8 Å². The van der Waals surface area contributed by atoms with Gasteiger partial charge in [-0.2, -0.15) is 0 Å². The maximum absolute atomic E-state index is 12.5. The number of amides is 1. The molecular weight excluding hydrogens is 396 g/mol. The first-order chi connectivity index (χ1) is 14.5. The van der Waals surface area contributed by atoms with E-state index >= 15 is 0 Å². The molecule has 2 heterocycles. The highest BCUT2D eigenvalue weighted by Gasteiger charge is 2.12. The van der Waals surface area contributed by atoms with Crippen LogP contribution in [0.3, 0.4) is 0 Å². The summed E-state index contributed by atoms with van der Waals surface area (Å²) in [5.41, 5.74) is 4.42. The van der Waals surface area contributed by atoms with Gasteiger partial charge in [0.05, 0.1) is 11.4 Å². The monoisotopic (exact) mass is 418 g/mol. The molecule has 6 nitrogen and oxygen atoms in total. The van der Waals surface area contributed by atoms with E-state index in [9.17, 15) is 4.79 Å². The predicted molar refractivity (Wildman–Crippen MR) is 118 cm³/mol. The molecule has 0 aliphatic carbocycles. The van der Waals surface area contributed by atoms with Gasteiger partial charge in [0.1, 0.15) is 18.7 Å². The first kappa shape index (κ1) is 19.8. The second-order valence-electron chi connectivity index (χ2n) is 7.13. The van der Waals surface area contributed by atoms with Crippen LogP contribution in [-0.4, -0.2) is 20.7 Å². The third-order valence-electron chi connectivity index (χ3n) is 4.46. The van der Waals surface area contributed by atoms with Crippen molar-refractivity contribution in [1.82, 2.24) is 14.8 Å². The molecule has 0 fully saturated rings. The van der Waals surface area contributed by atoms with Crippen molar-refractivity contribution in [1.29, 1.82) is 0 Å². The molecule has 152 valence electrons. The normalized spacial score (nSPS) is 10.7. The number of hydrogen-bond donors (Lipinski definition) is 1. The van der Waals surface area contributed by atoms with E-state index in [2.05, 4.69) is 34.5 Å². The topological polar surface area (TPSA) is 69.0 Å². The second kappa shape index (κ2) is 8.92. The number of thiophene rings is 1. The van der Waals surface area contributed by atoms with E-state index in [0.29, 0.717) is 24.0 Å². The minimum atomic E-state index is -0.227. The molecule has 1 amide bonds. The lowest BCUT2D eigenvalue weighted by molar-refractivity contribution is 0.102. The Labute approximate surface area is 179 Å². The van der Waals surface area contributed by atoms with Crippen molar-refractivity contribution in [3.8, 4) is 5.75 Å². The number of rotatable bonds is 7. The quantitative estimate of drug-likeness (QED) is 0.466. The first-order valence-electron chi connectivity index (χ1n) is 9.58. The SMILES string of the molecule is Cc1cccc(Cn2cnc(NC(=O)c3cc(COc4cccc(C)c4)cs3)n2)c1. The molecule has 2 aromatic carbocycles. The fraction of sp³-hybridized carbons (Fsp3) is 0.174. The average molecular weight is 419 g/mol. The van der Waals surface area contributed by atoms with Gasteiger partial charge in [0, 0.05) is 5.56 Å². The van der Waals surface area contributed by atoms with Gasteiger partial charge in [0.2, 0.25) is 5.95 Å². The van der Waals surface area contributed by atoms with Gasteiger partial charge in [-0.15, -0.1) is 16.4 Å². The Morgan fingerprint density at radius 2 is 1.87 bits per heavy atom. The summed E-state index contributed by atoms with van der Waals surface area (Å²) in [5.74, 6) is 0.879. The third-order valence-corrected chi connectivity index (χ3v) is 5.44.